The molecule has 0 saturated heterocycles. The Balaban J connectivity index is 2.82. The fourth-order valence-electron chi connectivity index (χ4n) is 1.85. The van der Waals surface area contributed by atoms with Gasteiger partial charge in [0.1, 0.15) is 11.6 Å². The number of carboxylic acids is 2. The second-order valence-electron chi connectivity index (χ2n) is 6.48. The van der Waals surface area contributed by atoms with E-state index < -0.39 is 53.5 Å². The van der Waals surface area contributed by atoms with Gasteiger partial charge in [-0.1, -0.05) is 0 Å². The molecule has 0 fully saturated rings. The molecule has 0 aliphatic heterocycles. The van der Waals surface area contributed by atoms with E-state index in [1.807, 2.05) is 5.32 Å². The molecule has 27 heavy (non-hydrogen) atoms. The van der Waals surface area contributed by atoms with Gasteiger partial charge < -0.3 is 20.3 Å². The highest BCUT2D eigenvalue weighted by molar-refractivity contribution is 5.95. The molecule has 0 bridgehead atoms. The topological polar surface area (TPSA) is 155 Å². The molecule has 0 radical (unpaired) electrons. The van der Waals surface area contributed by atoms with E-state index in [9.17, 15) is 23.6 Å². The van der Waals surface area contributed by atoms with Crippen molar-refractivity contribution in [3.8, 4) is 0 Å². The summed E-state index contributed by atoms with van der Waals surface area (Å²) in [6.45, 7) is 4.92. The number of hydrogen-bond acceptors (Lipinski definition) is 6. The SMILES string of the molecule is CC(C)(C)OC(=O)Nc1cnc(C(=O)NC(CCC(=O)O)C(=O)O)c(F)c1. The predicted octanol–water partition coefficient (Wildman–Crippen LogP) is 1.62. The molecule has 0 aromatic carbocycles. The summed E-state index contributed by atoms with van der Waals surface area (Å²) in [4.78, 5) is 48.8. The lowest BCUT2D eigenvalue weighted by molar-refractivity contribution is -0.140. The van der Waals surface area contributed by atoms with Gasteiger partial charge in [-0.3, -0.25) is 14.9 Å². The number of hydrogen-bond donors (Lipinski definition) is 4. The molecule has 10 nitrogen and oxygen atoms in total. The second kappa shape index (κ2) is 8.92. The summed E-state index contributed by atoms with van der Waals surface area (Å²) in [7, 11) is 0. The molecule has 0 spiro atoms. The standard InChI is InChI=1S/C16H20FN3O7/c1-16(2,3)27-15(26)19-8-6-9(17)12(18-7-8)13(23)20-10(14(24)25)4-5-11(21)22/h6-7,10H,4-5H2,1-3H3,(H,19,26)(H,20,23)(H,21,22)(H,24,25). The summed E-state index contributed by atoms with van der Waals surface area (Å²) < 4.78 is 19.1. The molecule has 1 aromatic rings. The van der Waals surface area contributed by atoms with E-state index in [-0.39, 0.29) is 12.1 Å². The number of carbonyl (C=O) groups is 4. The van der Waals surface area contributed by atoms with E-state index in [2.05, 4.69) is 10.3 Å². The van der Waals surface area contributed by atoms with Gasteiger partial charge in [0.25, 0.3) is 5.91 Å². The maximum absolute atomic E-state index is 14.1. The summed E-state index contributed by atoms with van der Waals surface area (Å²) in [6.07, 6.45) is -0.725. The summed E-state index contributed by atoms with van der Waals surface area (Å²) in [6, 6.07) is -0.701. The molecule has 148 valence electrons. The normalized spacial score (nSPS) is 12.0. The molecule has 2 amide bonds. The zero-order chi connectivity index (χ0) is 20.8. The Kier molecular flexibility index (Phi) is 7.20. The molecule has 0 aliphatic carbocycles. The molecule has 1 atom stereocenters. The monoisotopic (exact) mass is 385 g/mol. The first-order chi connectivity index (χ1) is 12.4. The van der Waals surface area contributed by atoms with Crippen LogP contribution in [0.3, 0.4) is 0 Å². The predicted molar refractivity (Wildman–Crippen MR) is 89.8 cm³/mol. The van der Waals surface area contributed by atoms with E-state index in [1.165, 1.54) is 0 Å². The van der Waals surface area contributed by atoms with Crippen molar-refractivity contribution in [3.05, 3.63) is 23.8 Å². The maximum atomic E-state index is 14.1. The van der Waals surface area contributed by atoms with Crippen LogP contribution in [0.2, 0.25) is 0 Å². The van der Waals surface area contributed by atoms with Crippen LogP contribution in [0.1, 0.15) is 44.1 Å². The largest absolute Gasteiger partial charge is 0.481 e. The van der Waals surface area contributed by atoms with Crippen molar-refractivity contribution in [1.29, 1.82) is 0 Å². The van der Waals surface area contributed by atoms with Crippen LogP contribution in [0, 0.1) is 5.82 Å². The molecular weight excluding hydrogens is 365 g/mol. The zero-order valence-electron chi connectivity index (χ0n) is 14.9. The van der Waals surface area contributed by atoms with Crippen molar-refractivity contribution < 1.29 is 38.5 Å². The van der Waals surface area contributed by atoms with Crippen molar-refractivity contribution in [2.75, 3.05) is 5.32 Å². The van der Waals surface area contributed by atoms with Gasteiger partial charge in [-0.25, -0.2) is 19.0 Å². The molecule has 1 aromatic heterocycles. The van der Waals surface area contributed by atoms with Gasteiger partial charge in [-0.2, -0.15) is 0 Å². The zero-order valence-corrected chi connectivity index (χ0v) is 14.9. The van der Waals surface area contributed by atoms with E-state index in [4.69, 9.17) is 14.9 Å². The molecule has 11 heteroatoms. The molecule has 4 N–H and O–H groups in total. The average molecular weight is 385 g/mol. The summed E-state index contributed by atoms with van der Waals surface area (Å²) >= 11 is 0. The number of rotatable bonds is 7. The Morgan fingerprint density at radius 2 is 1.89 bits per heavy atom. The van der Waals surface area contributed by atoms with Gasteiger partial charge in [0.05, 0.1) is 11.9 Å². The Morgan fingerprint density at radius 3 is 2.37 bits per heavy atom. The Bertz CT molecular complexity index is 746. The number of anilines is 1. The minimum atomic E-state index is -1.52. The number of aliphatic carboxylic acids is 2. The minimum absolute atomic E-state index is 0.0704. The van der Waals surface area contributed by atoms with Crippen LogP contribution >= 0.6 is 0 Å². The highest BCUT2D eigenvalue weighted by Crippen LogP contribution is 2.14. The first-order valence-corrected chi connectivity index (χ1v) is 7.80. The average Bonchev–Trinajstić information content (AvgIpc) is 2.48. The number of amides is 2. The minimum Gasteiger partial charge on any atom is -0.481 e. The van der Waals surface area contributed by atoms with Crippen LogP contribution in [-0.4, -0.2) is 50.8 Å². The van der Waals surface area contributed by atoms with E-state index >= 15 is 0 Å². The van der Waals surface area contributed by atoms with E-state index in [1.54, 1.807) is 20.8 Å². The van der Waals surface area contributed by atoms with Crippen molar-refractivity contribution in [1.82, 2.24) is 10.3 Å². The van der Waals surface area contributed by atoms with Gasteiger partial charge >= 0.3 is 18.0 Å². The first kappa shape index (κ1) is 21.8. The number of ether oxygens (including phenoxy) is 1. The Labute approximate surface area is 153 Å². The molecule has 1 unspecified atom stereocenters. The highest BCUT2D eigenvalue weighted by Gasteiger charge is 2.24. The van der Waals surface area contributed by atoms with Crippen LogP contribution in [0.5, 0.6) is 0 Å². The van der Waals surface area contributed by atoms with Crippen molar-refractivity contribution in [3.63, 3.8) is 0 Å². The van der Waals surface area contributed by atoms with E-state index in [0.717, 1.165) is 12.3 Å². The number of pyridine rings is 1. The van der Waals surface area contributed by atoms with E-state index in [0.29, 0.717) is 0 Å². The number of nitrogens with one attached hydrogen (secondary N) is 2. The summed E-state index contributed by atoms with van der Waals surface area (Å²) in [5, 5.41) is 21.8. The smallest absolute Gasteiger partial charge is 0.412 e. The summed E-state index contributed by atoms with van der Waals surface area (Å²) in [5.74, 6) is -4.94. The third-order valence-corrected chi connectivity index (χ3v) is 2.95. The van der Waals surface area contributed by atoms with Crippen LogP contribution in [-0.2, 0) is 14.3 Å². The number of carboxylic acid groups (broad SMARTS) is 2. The van der Waals surface area contributed by atoms with Crippen LogP contribution in [0.15, 0.2) is 12.3 Å². The van der Waals surface area contributed by atoms with Crippen molar-refractivity contribution in [2.24, 2.45) is 0 Å². The maximum Gasteiger partial charge on any atom is 0.412 e. The number of aromatic nitrogens is 1. The van der Waals surface area contributed by atoms with Gasteiger partial charge in [0, 0.05) is 12.5 Å². The van der Waals surface area contributed by atoms with Crippen molar-refractivity contribution in [2.45, 2.75) is 45.3 Å². The molecule has 1 heterocycles. The Morgan fingerprint density at radius 1 is 1.26 bits per heavy atom. The molecule has 0 aliphatic rings. The van der Waals surface area contributed by atoms with Crippen LogP contribution < -0.4 is 10.6 Å². The third kappa shape index (κ3) is 7.67. The van der Waals surface area contributed by atoms with Gasteiger partial charge in [0.15, 0.2) is 11.5 Å². The first-order valence-electron chi connectivity index (χ1n) is 7.80. The van der Waals surface area contributed by atoms with Gasteiger partial charge in [0.2, 0.25) is 0 Å². The molecule has 0 saturated carbocycles. The number of nitrogens with zero attached hydrogens (tertiary/aromatic N) is 1. The Hall–Kier alpha value is -3.24. The lowest BCUT2D eigenvalue weighted by Gasteiger charge is -2.19. The second-order valence-corrected chi connectivity index (χ2v) is 6.48. The molecular formula is C16H20FN3O7. The quantitative estimate of drug-likeness (QED) is 0.552. The van der Waals surface area contributed by atoms with Crippen LogP contribution in [0.4, 0.5) is 14.9 Å². The lowest BCUT2D eigenvalue weighted by Crippen LogP contribution is -2.41. The number of carbonyl (C=O) groups excluding carboxylic acids is 2. The fourth-order valence-corrected chi connectivity index (χ4v) is 1.85. The number of halogens is 1. The van der Waals surface area contributed by atoms with Crippen LogP contribution in [0.25, 0.3) is 0 Å². The molecule has 1 rings (SSSR count). The third-order valence-electron chi connectivity index (χ3n) is 2.95. The summed E-state index contributed by atoms with van der Waals surface area (Å²) in [5.41, 5.74) is -1.54. The highest BCUT2D eigenvalue weighted by atomic mass is 19.1. The fraction of sp³-hybridized carbons (Fsp3) is 0.438. The van der Waals surface area contributed by atoms with Gasteiger partial charge in [-0.05, 0) is 27.2 Å². The van der Waals surface area contributed by atoms with Crippen molar-refractivity contribution >= 4 is 29.6 Å². The van der Waals surface area contributed by atoms with Gasteiger partial charge in [-0.15, -0.1) is 0 Å². The lowest BCUT2D eigenvalue weighted by atomic mass is 10.1.